The molecule has 0 spiro atoms. The van der Waals surface area contributed by atoms with E-state index in [1.165, 1.54) is 0 Å². The highest BCUT2D eigenvalue weighted by Gasteiger charge is 2.20. The lowest BCUT2D eigenvalue weighted by atomic mass is 10.2. The van der Waals surface area contributed by atoms with Crippen LogP contribution < -0.4 is 5.32 Å². The van der Waals surface area contributed by atoms with Crippen molar-refractivity contribution in [2.24, 2.45) is 0 Å². The van der Waals surface area contributed by atoms with Crippen molar-refractivity contribution in [3.05, 3.63) is 46.2 Å². The van der Waals surface area contributed by atoms with Crippen molar-refractivity contribution in [3.63, 3.8) is 0 Å². The van der Waals surface area contributed by atoms with Crippen molar-refractivity contribution in [1.29, 1.82) is 0 Å². The number of carbonyl (C=O) groups is 1. The summed E-state index contributed by atoms with van der Waals surface area (Å²) in [4.78, 5) is 17.3. The third kappa shape index (κ3) is 3.14. The van der Waals surface area contributed by atoms with Crippen LogP contribution in [0.4, 0.5) is 0 Å². The zero-order chi connectivity index (χ0) is 18.3. The normalized spacial score (nSPS) is 12.6. The number of fused-ring (bicyclic) bond motifs is 1. The number of amides is 1. The van der Waals surface area contributed by atoms with Crippen molar-refractivity contribution in [1.82, 2.24) is 29.7 Å². The Morgan fingerprint density at radius 3 is 2.40 bits per heavy atom. The van der Waals surface area contributed by atoms with E-state index in [2.05, 4.69) is 20.5 Å². The van der Waals surface area contributed by atoms with Gasteiger partial charge in [-0.3, -0.25) is 9.48 Å². The predicted octanol–water partition coefficient (Wildman–Crippen LogP) is 2.46. The van der Waals surface area contributed by atoms with Crippen LogP contribution in [0.25, 0.3) is 5.65 Å². The van der Waals surface area contributed by atoms with Gasteiger partial charge >= 0.3 is 0 Å². The summed E-state index contributed by atoms with van der Waals surface area (Å²) in [5, 5.41) is 11.9. The largest absolute Gasteiger partial charge is 0.350 e. The Balaban J connectivity index is 1.83. The lowest BCUT2D eigenvalue weighted by Gasteiger charge is -2.15. The fraction of sp³-hybridized carbons (Fsp3) is 0.444. The SMILES string of the molecule is Cc1cc(C)n2nc(C)c(C(=O)NC[C@H](C)n3nc(C)cc3C)c2n1. The van der Waals surface area contributed by atoms with Gasteiger partial charge in [0.05, 0.1) is 17.4 Å². The summed E-state index contributed by atoms with van der Waals surface area (Å²) < 4.78 is 3.66. The average molecular weight is 340 g/mol. The van der Waals surface area contributed by atoms with Crippen LogP contribution in [0.1, 0.15) is 51.8 Å². The minimum absolute atomic E-state index is 0.0660. The number of aromatic nitrogens is 5. The van der Waals surface area contributed by atoms with Gasteiger partial charge in [0.2, 0.25) is 0 Å². The summed E-state index contributed by atoms with van der Waals surface area (Å²) in [6.45, 7) is 12.2. The van der Waals surface area contributed by atoms with Crippen LogP contribution >= 0.6 is 0 Å². The van der Waals surface area contributed by atoms with Crippen molar-refractivity contribution in [2.75, 3.05) is 6.54 Å². The van der Waals surface area contributed by atoms with E-state index in [0.717, 1.165) is 22.8 Å². The molecule has 132 valence electrons. The molecule has 1 amide bonds. The second-order valence-corrected chi connectivity index (χ2v) is 6.67. The smallest absolute Gasteiger partial charge is 0.257 e. The number of rotatable bonds is 4. The van der Waals surface area contributed by atoms with Gasteiger partial charge in [0, 0.05) is 23.6 Å². The maximum absolute atomic E-state index is 12.8. The van der Waals surface area contributed by atoms with Crippen LogP contribution in [0.5, 0.6) is 0 Å². The van der Waals surface area contributed by atoms with Crippen molar-refractivity contribution >= 4 is 11.6 Å². The van der Waals surface area contributed by atoms with E-state index in [1.807, 2.05) is 58.4 Å². The molecule has 3 rings (SSSR count). The molecule has 3 aromatic rings. The zero-order valence-electron chi connectivity index (χ0n) is 15.6. The third-order valence-corrected chi connectivity index (χ3v) is 4.32. The Labute approximate surface area is 147 Å². The topological polar surface area (TPSA) is 77.1 Å². The monoisotopic (exact) mass is 340 g/mol. The summed E-state index contributed by atoms with van der Waals surface area (Å²) in [5.41, 5.74) is 5.70. The number of nitrogens with one attached hydrogen (secondary N) is 1. The lowest BCUT2D eigenvalue weighted by Crippen LogP contribution is -2.30. The number of carbonyl (C=O) groups excluding carboxylic acids is 1. The highest BCUT2D eigenvalue weighted by Crippen LogP contribution is 2.16. The molecule has 0 fully saturated rings. The third-order valence-electron chi connectivity index (χ3n) is 4.32. The first-order chi connectivity index (χ1) is 11.8. The minimum atomic E-state index is -0.154. The summed E-state index contributed by atoms with van der Waals surface area (Å²) in [6, 6.07) is 4.05. The van der Waals surface area contributed by atoms with Gasteiger partial charge in [0.25, 0.3) is 5.91 Å². The molecule has 0 bridgehead atoms. The fourth-order valence-electron chi connectivity index (χ4n) is 3.20. The van der Waals surface area contributed by atoms with Gasteiger partial charge in [0.15, 0.2) is 5.65 Å². The van der Waals surface area contributed by atoms with Gasteiger partial charge < -0.3 is 5.32 Å². The lowest BCUT2D eigenvalue weighted by molar-refractivity contribution is 0.0948. The molecule has 1 N–H and O–H groups in total. The number of hydrogen-bond donors (Lipinski definition) is 1. The Morgan fingerprint density at radius 2 is 1.76 bits per heavy atom. The van der Waals surface area contributed by atoms with Crippen molar-refractivity contribution < 1.29 is 4.79 Å². The molecule has 3 heterocycles. The summed E-state index contributed by atoms with van der Waals surface area (Å²) in [7, 11) is 0. The van der Waals surface area contributed by atoms with Gasteiger partial charge in [-0.2, -0.15) is 10.2 Å². The van der Waals surface area contributed by atoms with Crippen LogP contribution in [-0.4, -0.2) is 36.8 Å². The van der Waals surface area contributed by atoms with Crippen molar-refractivity contribution in [2.45, 2.75) is 47.6 Å². The highest BCUT2D eigenvalue weighted by atomic mass is 16.1. The quantitative estimate of drug-likeness (QED) is 0.791. The van der Waals surface area contributed by atoms with E-state index in [-0.39, 0.29) is 11.9 Å². The molecule has 25 heavy (non-hydrogen) atoms. The Bertz CT molecular complexity index is 952. The van der Waals surface area contributed by atoms with E-state index in [9.17, 15) is 4.79 Å². The van der Waals surface area contributed by atoms with Crippen LogP contribution in [0.3, 0.4) is 0 Å². The first-order valence-electron chi connectivity index (χ1n) is 8.42. The molecule has 0 saturated carbocycles. The standard InChI is InChI=1S/C18H24N6O/c1-10-7-13(4)24-17(20-10)16(15(6)22-24)18(25)19-9-14(5)23-12(3)8-11(2)21-23/h7-8,14H,9H2,1-6H3,(H,19,25)/t14-/m0/s1. The molecule has 0 radical (unpaired) electrons. The number of nitrogens with zero attached hydrogens (tertiary/aromatic N) is 5. The van der Waals surface area contributed by atoms with Gasteiger partial charge in [-0.1, -0.05) is 0 Å². The molecule has 3 aromatic heterocycles. The predicted molar refractivity (Wildman–Crippen MR) is 95.9 cm³/mol. The van der Waals surface area contributed by atoms with E-state index in [1.54, 1.807) is 4.52 Å². The second kappa shape index (κ2) is 6.31. The first-order valence-corrected chi connectivity index (χ1v) is 8.42. The summed E-state index contributed by atoms with van der Waals surface area (Å²) >= 11 is 0. The van der Waals surface area contributed by atoms with Crippen LogP contribution in [0, 0.1) is 34.6 Å². The molecular weight excluding hydrogens is 316 g/mol. The van der Waals surface area contributed by atoms with Gasteiger partial charge in [-0.25, -0.2) is 9.50 Å². The molecule has 0 aliphatic heterocycles. The Hall–Kier alpha value is -2.70. The van der Waals surface area contributed by atoms with Crippen LogP contribution in [-0.2, 0) is 0 Å². The molecular formula is C18H24N6O. The van der Waals surface area contributed by atoms with E-state index in [4.69, 9.17) is 0 Å². The summed E-state index contributed by atoms with van der Waals surface area (Å²) in [5.74, 6) is -0.154. The van der Waals surface area contributed by atoms with Gasteiger partial charge in [0.1, 0.15) is 5.56 Å². The molecule has 0 aromatic carbocycles. The molecule has 7 nitrogen and oxygen atoms in total. The maximum Gasteiger partial charge on any atom is 0.257 e. The molecule has 0 unspecified atom stereocenters. The Morgan fingerprint density at radius 1 is 1.08 bits per heavy atom. The molecule has 0 aliphatic carbocycles. The molecule has 0 aliphatic rings. The van der Waals surface area contributed by atoms with E-state index >= 15 is 0 Å². The van der Waals surface area contributed by atoms with Crippen molar-refractivity contribution in [3.8, 4) is 0 Å². The Kier molecular flexibility index (Phi) is 4.32. The van der Waals surface area contributed by atoms with Crippen LogP contribution in [0.15, 0.2) is 12.1 Å². The van der Waals surface area contributed by atoms with Gasteiger partial charge in [-0.15, -0.1) is 0 Å². The fourth-order valence-corrected chi connectivity index (χ4v) is 3.20. The zero-order valence-corrected chi connectivity index (χ0v) is 15.6. The molecule has 0 saturated heterocycles. The highest BCUT2D eigenvalue weighted by molar-refractivity contribution is 6.01. The molecule has 1 atom stereocenters. The second-order valence-electron chi connectivity index (χ2n) is 6.67. The molecule has 7 heteroatoms. The first kappa shape index (κ1) is 17.1. The minimum Gasteiger partial charge on any atom is -0.350 e. The number of aryl methyl sites for hydroxylation is 5. The maximum atomic E-state index is 12.8. The number of hydrogen-bond acceptors (Lipinski definition) is 4. The van der Waals surface area contributed by atoms with Crippen LogP contribution in [0.2, 0.25) is 0 Å². The van der Waals surface area contributed by atoms with E-state index < -0.39 is 0 Å². The van der Waals surface area contributed by atoms with E-state index in [0.29, 0.717) is 23.4 Å². The average Bonchev–Trinajstić information content (AvgIpc) is 3.03. The van der Waals surface area contributed by atoms with Gasteiger partial charge in [-0.05, 0) is 53.7 Å². The summed E-state index contributed by atoms with van der Waals surface area (Å²) in [6.07, 6.45) is 0.